The van der Waals surface area contributed by atoms with Crippen molar-refractivity contribution in [3.63, 3.8) is 0 Å². The molecule has 1 saturated heterocycles. The number of allylic oxidation sites excluding steroid dienone is 1. The van der Waals surface area contributed by atoms with Gasteiger partial charge >= 0.3 is 0 Å². The number of hydrogen-bond acceptors (Lipinski definition) is 4. The molecule has 196 valence electrons. The van der Waals surface area contributed by atoms with Crippen LogP contribution in [-0.2, 0) is 5.41 Å². The smallest absolute Gasteiger partial charge is 0.199 e. The van der Waals surface area contributed by atoms with E-state index in [2.05, 4.69) is 89.3 Å². The number of nitrogens with zero attached hydrogens (tertiary/aromatic N) is 3. The van der Waals surface area contributed by atoms with Gasteiger partial charge in [-0.3, -0.25) is 4.90 Å². The van der Waals surface area contributed by atoms with Crippen LogP contribution < -0.4 is 0 Å². The first-order valence-corrected chi connectivity index (χ1v) is 14.7. The summed E-state index contributed by atoms with van der Waals surface area (Å²) in [4.78, 5) is 8.73. The van der Waals surface area contributed by atoms with Gasteiger partial charge in [-0.2, -0.15) is 0 Å². The number of hydrogen-bond donors (Lipinski definition) is 1. The third-order valence-electron chi connectivity index (χ3n) is 8.68. The van der Waals surface area contributed by atoms with Crippen molar-refractivity contribution >= 4 is 22.1 Å². The largest absolute Gasteiger partial charge is 0.494 e. The molecular formula is C34H33N3OS. The highest BCUT2D eigenvalue weighted by molar-refractivity contribution is 7.11. The molecule has 0 radical (unpaired) electrons. The number of aryl methyl sites for hydroxylation is 1. The maximum absolute atomic E-state index is 10.8. The molecule has 0 spiro atoms. The van der Waals surface area contributed by atoms with Crippen molar-refractivity contribution in [2.24, 2.45) is 0 Å². The first kappa shape index (κ1) is 24.4. The molecule has 7 rings (SSSR count). The van der Waals surface area contributed by atoms with E-state index in [1.54, 1.807) is 0 Å². The Kier molecular flexibility index (Phi) is 6.14. The molecule has 2 aromatic heterocycles. The number of aromatic hydroxyl groups is 1. The lowest BCUT2D eigenvalue weighted by Gasteiger charge is -2.32. The number of likely N-dealkylation sites (tertiary alicyclic amines) is 1. The summed E-state index contributed by atoms with van der Waals surface area (Å²) < 4.78 is 2.09. The highest BCUT2D eigenvalue weighted by Crippen LogP contribution is 2.55. The van der Waals surface area contributed by atoms with E-state index in [-0.39, 0.29) is 5.41 Å². The van der Waals surface area contributed by atoms with E-state index in [4.69, 9.17) is 4.98 Å². The highest BCUT2D eigenvalue weighted by atomic mass is 32.1. The Hall–Kier alpha value is -3.67. The summed E-state index contributed by atoms with van der Waals surface area (Å²) in [6.45, 7) is 5.16. The Morgan fingerprint density at radius 2 is 1.59 bits per heavy atom. The number of piperidine rings is 1. The second kappa shape index (κ2) is 9.82. The molecular weight excluding hydrogens is 498 g/mol. The van der Waals surface area contributed by atoms with E-state index in [9.17, 15) is 5.11 Å². The van der Waals surface area contributed by atoms with E-state index < -0.39 is 0 Å². The van der Waals surface area contributed by atoms with E-state index in [1.807, 2.05) is 35.7 Å². The van der Waals surface area contributed by atoms with Gasteiger partial charge in [0.1, 0.15) is 5.01 Å². The van der Waals surface area contributed by atoms with E-state index in [1.165, 1.54) is 32.1 Å². The zero-order valence-corrected chi connectivity index (χ0v) is 23.1. The predicted molar refractivity (Wildman–Crippen MR) is 161 cm³/mol. The third kappa shape index (κ3) is 4.03. The van der Waals surface area contributed by atoms with E-state index in [0.29, 0.717) is 11.9 Å². The molecule has 3 aromatic carbocycles. The molecule has 1 aliphatic heterocycles. The summed E-state index contributed by atoms with van der Waals surface area (Å²) in [6.07, 6.45) is 11.9. The highest BCUT2D eigenvalue weighted by Gasteiger charge is 2.45. The van der Waals surface area contributed by atoms with Gasteiger partial charge in [0.25, 0.3) is 0 Å². The van der Waals surface area contributed by atoms with Crippen molar-refractivity contribution in [2.45, 2.75) is 37.6 Å². The summed E-state index contributed by atoms with van der Waals surface area (Å²) in [7, 11) is 0. The lowest BCUT2D eigenvalue weighted by Crippen LogP contribution is -2.34. The van der Waals surface area contributed by atoms with Gasteiger partial charge in [0, 0.05) is 53.7 Å². The summed E-state index contributed by atoms with van der Waals surface area (Å²) in [5.74, 6) is 0.406. The van der Waals surface area contributed by atoms with Crippen LogP contribution in [0.15, 0.2) is 97.3 Å². The summed E-state index contributed by atoms with van der Waals surface area (Å²) >= 11 is 1.82. The summed E-state index contributed by atoms with van der Waals surface area (Å²) in [5.41, 5.74) is 5.15. The molecule has 0 saturated carbocycles. The maximum atomic E-state index is 10.8. The molecule has 0 unspecified atom stereocenters. The molecule has 39 heavy (non-hydrogen) atoms. The third-order valence-corrected chi connectivity index (χ3v) is 9.75. The SMILES string of the molecule is Cc1cnc(C2(CC=CCN3CCC(n4cc5ccccc5c4O)CC3)c3ccccc3-c3ccccc32)s1. The zero-order valence-electron chi connectivity index (χ0n) is 22.3. The molecule has 1 N–H and O–H groups in total. The van der Waals surface area contributed by atoms with Crippen LogP contribution in [0.1, 0.15) is 46.3 Å². The predicted octanol–water partition coefficient (Wildman–Crippen LogP) is 7.71. The van der Waals surface area contributed by atoms with Gasteiger partial charge in [-0.25, -0.2) is 4.98 Å². The molecule has 1 aliphatic carbocycles. The Morgan fingerprint density at radius 1 is 0.923 bits per heavy atom. The molecule has 1 fully saturated rings. The van der Waals surface area contributed by atoms with Gasteiger partial charge in [-0.05, 0) is 54.5 Å². The molecule has 4 nitrogen and oxygen atoms in total. The number of benzene rings is 3. The monoisotopic (exact) mass is 531 g/mol. The first-order chi connectivity index (χ1) is 19.1. The van der Waals surface area contributed by atoms with Crippen molar-refractivity contribution < 1.29 is 5.11 Å². The number of thiazole rings is 1. The minimum absolute atomic E-state index is 0.246. The van der Waals surface area contributed by atoms with Crippen molar-refractivity contribution in [2.75, 3.05) is 19.6 Å². The topological polar surface area (TPSA) is 41.3 Å². The average Bonchev–Trinajstić information content (AvgIpc) is 3.65. The zero-order chi connectivity index (χ0) is 26.4. The molecule has 5 heteroatoms. The minimum Gasteiger partial charge on any atom is -0.494 e. The van der Waals surface area contributed by atoms with Crippen LogP contribution in [0.2, 0.25) is 0 Å². The van der Waals surface area contributed by atoms with Crippen LogP contribution in [-0.4, -0.2) is 39.2 Å². The summed E-state index contributed by atoms with van der Waals surface area (Å²) in [6, 6.07) is 26.2. The fourth-order valence-corrected chi connectivity index (χ4v) is 7.71. The number of fused-ring (bicyclic) bond motifs is 4. The number of rotatable bonds is 6. The fraction of sp³-hybridized carbons (Fsp3) is 0.265. The lowest BCUT2D eigenvalue weighted by atomic mass is 9.75. The lowest BCUT2D eigenvalue weighted by molar-refractivity contribution is 0.196. The Balaban J connectivity index is 1.09. The van der Waals surface area contributed by atoms with Gasteiger partial charge < -0.3 is 9.67 Å². The van der Waals surface area contributed by atoms with Gasteiger partial charge in [0.15, 0.2) is 5.88 Å². The van der Waals surface area contributed by atoms with Gasteiger partial charge in [0.05, 0.1) is 5.41 Å². The number of aromatic nitrogens is 2. The van der Waals surface area contributed by atoms with Gasteiger partial charge in [-0.15, -0.1) is 11.3 Å². The molecule has 0 amide bonds. The molecule has 5 aromatic rings. The van der Waals surface area contributed by atoms with Gasteiger partial charge in [0.2, 0.25) is 0 Å². The molecule has 0 atom stereocenters. The maximum Gasteiger partial charge on any atom is 0.199 e. The summed E-state index contributed by atoms with van der Waals surface area (Å²) in [5, 5.41) is 14.0. The van der Waals surface area contributed by atoms with Crippen molar-refractivity contribution in [3.05, 3.63) is 118 Å². The minimum atomic E-state index is -0.246. The normalized spacial score (nSPS) is 17.2. The van der Waals surface area contributed by atoms with Crippen LogP contribution in [0.25, 0.3) is 21.9 Å². The average molecular weight is 532 g/mol. The van der Waals surface area contributed by atoms with E-state index in [0.717, 1.165) is 49.7 Å². The van der Waals surface area contributed by atoms with Crippen LogP contribution in [0.5, 0.6) is 5.88 Å². The van der Waals surface area contributed by atoms with Gasteiger partial charge in [-0.1, -0.05) is 78.9 Å². The van der Waals surface area contributed by atoms with Crippen LogP contribution in [0, 0.1) is 6.92 Å². The van der Waals surface area contributed by atoms with E-state index >= 15 is 0 Å². The Bertz CT molecular complexity index is 1630. The molecule has 0 bridgehead atoms. The first-order valence-electron chi connectivity index (χ1n) is 13.9. The van der Waals surface area contributed by atoms with Crippen LogP contribution >= 0.6 is 11.3 Å². The quantitative estimate of drug-likeness (QED) is 0.228. The molecule has 2 aliphatic rings. The second-order valence-corrected chi connectivity index (χ2v) is 12.2. The van der Waals surface area contributed by atoms with Crippen LogP contribution in [0.3, 0.4) is 0 Å². The van der Waals surface area contributed by atoms with Crippen molar-refractivity contribution in [1.29, 1.82) is 0 Å². The van der Waals surface area contributed by atoms with Crippen molar-refractivity contribution in [3.8, 4) is 17.0 Å². The standard InChI is InChI=1S/C34H33N3OS/c1-24-22-35-33(39-24)34(30-14-6-4-12-28(30)29-13-5-7-15-31(29)34)18-8-9-19-36-20-16-26(17-21-36)37-23-25-10-2-3-11-27(25)32(37)38/h2-15,22-23,26,38H,16-21H2,1H3. The fourth-order valence-electron chi connectivity index (χ4n) is 6.72. The Labute approximate surface area is 233 Å². The van der Waals surface area contributed by atoms with Crippen LogP contribution in [0.4, 0.5) is 0 Å². The second-order valence-electron chi connectivity index (χ2n) is 10.9. The Morgan fingerprint density at radius 3 is 2.26 bits per heavy atom. The van der Waals surface area contributed by atoms with Crippen molar-refractivity contribution in [1.82, 2.24) is 14.5 Å². The molecule has 3 heterocycles.